The summed E-state index contributed by atoms with van der Waals surface area (Å²) < 4.78 is 6.80. The number of carbonyl (C=O) groups excluding carboxylic acids is 2. The van der Waals surface area contributed by atoms with Gasteiger partial charge in [-0.1, -0.05) is 36.4 Å². The molecule has 3 aliphatic rings. The Morgan fingerprint density at radius 3 is 2.23 bits per heavy atom. The smallest absolute Gasteiger partial charge is 0.408 e. The molecule has 1 unspecified atom stereocenters. The van der Waals surface area contributed by atoms with E-state index in [2.05, 4.69) is 27.0 Å². The lowest BCUT2D eigenvalue weighted by molar-refractivity contribution is -0.143. The Kier molecular flexibility index (Phi) is 9.34. The highest BCUT2D eigenvalue weighted by Crippen LogP contribution is 2.33. The first-order valence-electron chi connectivity index (χ1n) is 17.4. The van der Waals surface area contributed by atoms with Gasteiger partial charge in [0.25, 0.3) is 0 Å². The second kappa shape index (κ2) is 14.0. The number of oxazole rings is 1. The quantitative estimate of drug-likeness (QED) is 0.295. The van der Waals surface area contributed by atoms with Gasteiger partial charge in [-0.15, -0.1) is 5.10 Å². The van der Waals surface area contributed by atoms with Crippen molar-refractivity contribution in [2.75, 3.05) is 46.3 Å². The fourth-order valence-electron chi connectivity index (χ4n) is 8.01. The second-order valence-electron chi connectivity index (χ2n) is 14.0. The Bertz CT molecular complexity index is 1830. The summed E-state index contributed by atoms with van der Waals surface area (Å²) >= 11 is 0. The highest BCUT2D eigenvalue weighted by molar-refractivity contribution is 5.86. The second-order valence-corrected chi connectivity index (χ2v) is 14.0. The molecule has 0 saturated carbocycles. The first-order valence-corrected chi connectivity index (χ1v) is 17.4. The van der Waals surface area contributed by atoms with Crippen LogP contribution in [0.15, 0.2) is 62.5 Å². The minimum Gasteiger partial charge on any atom is -0.408 e. The summed E-state index contributed by atoms with van der Waals surface area (Å²) in [6.07, 6.45) is 6.17. The minimum absolute atomic E-state index is 0.0206. The van der Waals surface area contributed by atoms with Gasteiger partial charge in [0.05, 0.1) is 17.5 Å². The van der Waals surface area contributed by atoms with E-state index in [1.165, 1.54) is 17.5 Å². The standard InChI is InChI=1S/C36H45N7O5/c1-40-15-9-25(10-16-40)26-11-17-42(18-12-26)34(45)28(21-24-7-8-30-31(22-24)48-36(47)37-30)23-32(44)41-19-13-29(14-20-41)43-35(46)38-33(39-43)27-5-3-2-4-6-27/h2-8,22,25-26,28-29H,9-21,23H2,1H3,(H,37,47)(H,38,39,46). The van der Waals surface area contributed by atoms with Crippen molar-refractivity contribution < 1.29 is 14.0 Å². The molecule has 254 valence electrons. The number of fused-ring (bicyclic) bond motifs is 1. The SMILES string of the molecule is CN1CCC(C2CCN(C(=O)C(CC(=O)N3CCC(n4nc(-c5ccccc5)[nH]c4=O)CC3)Cc3ccc4[nH]c(=O)oc4c3)CC2)CC1. The van der Waals surface area contributed by atoms with E-state index in [0.717, 1.165) is 56.1 Å². The summed E-state index contributed by atoms with van der Waals surface area (Å²) in [7, 11) is 2.19. The molecule has 0 bridgehead atoms. The fraction of sp³-hybridized carbons (Fsp3) is 0.528. The van der Waals surface area contributed by atoms with Gasteiger partial charge in [0, 0.05) is 38.2 Å². The predicted octanol–water partition coefficient (Wildman–Crippen LogP) is 3.67. The average Bonchev–Trinajstić information content (AvgIpc) is 3.69. The summed E-state index contributed by atoms with van der Waals surface area (Å²) in [5, 5.41) is 4.57. The Labute approximate surface area is 279 Å². The molecular weight excluding hydrogens is 610 g/mol. The Hall–Kier alpha value is -4.45. The lowest BCUT2D eigenvalue weighted by Crippen LogP contribution is -2.46. The van der Waals surface area contributed by atoms with Gasteiger partial charge in [-0.05, 0) is 94.6 Å². The predicted molar refractivity (Wildman–Crippen MR) is 181 cm³/mol. The third-order valence-corrected chi connectivity index (χ3v) is 10.9. The minimum atomic E-state index is -0.527. The van der Waals surface area contributed by atoms with Crippen molar-refractivity contribution in [2.24, 2.45) is 17.8 Å². The number of piperidine rings is 3. The van der Waals surface area contributed by atoms with Crippen molar-refractivity contribution in [2.45, 2.75) is 57.4 Å². The highest BCUT2D eigenvalue weighted by atomic mass is 16.4. The van der Waals surface area contributed by atoms with Gasteiger partial charge in [0.15, 0.2) is 11.4 Å². The molecule has 1 atom stereocenters. The molecule has 2 aromatic heterocycles. The van der Waals surface area contributed by atoms with Gasteiger partial charge < -0.3 is 19.1 Å². The van der Waals surface area contributed by atoms with Gasteiger partial charge in [-0.25, -0.2) is 14.3 Å². The zero-order chi connectivity index (χ0) is 33.2. The molecule has 3 fully saturated rings. The molecule has 2 amide bonds. The number of likely N-dealkylation sites (tertiary alicyclic amines) is 3. The van der Waals surface area contributed by atoms with Gasteiger partial charge in [-0.2, -0.15) is 0 Å². The number of aromatic amines is 2. The lowest BCUT2D eigenvalue weighted by Gasteiger charge is -2.40. The molecule has 0 radical (unpaired) electrons. The van der Waals surface area contributed by atoms with Crippen LogP contribution in [0.4, 0.5) is 0 Å². The van der Waals surface area contributed by atoms with Gasteiger partial charge >= 0.3 is 11.4 Å². The largest absolute Gasteiger partial charge is 0.417 e. The Morgan fingerprint density at radius 1 is 0.854 bits per heavy atom. The number of nitrogens with zero attached hydrogens (tertiary/aromatic N) is 5. The number of carbonyl (C=O) groups is 2. The number of hydrogen-bond acceptors (Lipinski definition) is 7. The number of rotatable bonds is 8. The first-order chi connectivity index (χ1) is 23.3. The molecule has 0 aliphatic carbocycles. The van der Waals surface area contributed by atoms with E-state index in [1.807, 2.05) is 46.2 Å². The molecule has 3 saturated heterocycles. The van der Waals surface area contributed by atoms with Gasteiger partial charge in [-0.3, -0.25) is 19.6 Å². The van der Waals surface area contributed by atoms with E-state index in [4.69, 9.17) is 4.42 Å². The maximum absolute atomic E-state index is 14.1. The summed E-state index contributed by atoms with van der Waals surface area (Å²) in [5.74, 6) is 0.828. The average molecular weight is 656 g/mol. The van der Waals surface area contributed by atoms with Crippen molar-refractivity contribution in [1.82, 2.24) is 34.4 Å². The fourth-order valence-corrected chi connectivity index (χ4v) is 8.01. The van der Waals surface area contributed by atoms with Crippen LogP contribution in [-0.4, -0.2) is 92.6 Å². The van der Waals surface area contributed by atoms with Crippen LogP contribution in [0.5, 0.6) is 0 Å². The summed E-state index contributed by atoms with van der Waals surface area (Å²) in [6, 6.07) is 14.9. The van der Waals surface area contributed by atoms with E-state index in [-0.39, 0.29) is 30.0 Å². The van der Waals surface area contributed by atoms with E-state index in [1.54, 1.807) is 12.1 Å². The van der Waals surface area contributed by atoms with Crippen molar-refractivity contribution in [3.8, 4) is 11.4 Å². The van der Waals surface area contributed by atoms with Crippen molar-refractivity contribution in [3.05, 3.63) is 75.1 Å². The monoisotopic (exact) mass is 655 g/mol. The van der Waals surface area contributed by atoms with Gasteiger partial charge in [0.2, 0.25) is 11.8 Å². The Balaban J connectivity index is 1.01. The highest BCUT2D eigenvalue weighted by Gasteiger charge is 2.35. The third-order valence-electron chi connectivity index (χ3n) is 10.9. The summed E-state index contributed by atoms with van der Waals surface area (Å²) in [5.41, 5.74) is 2.50. The van der Waals surface area contributed by atoms with Crippen LogP contribution in [-0.2, 0) is 16.0 Å². The van der Waals surface area contributed by atoms with Crippen LogP contribution in [0.25, 0.3) is 22.5 Å². The van der Waals surface area contributed by atoms with Crippen LogP contribution in [0, 0.1) is 17.8 Å². The van der Waals surface area contributed by atoms with Crippen LogP contribution >= 0.6 is 0 Å². The topological polar surface area (TPSA) is 141 Å². The van der Waals surface area contributed by atoms with E-state index in [9.17, 15) is 19.2 Å². The van der Waals surface area contributed by atoms with E-state index >= 15 is 0 Å². The molecule has 12 nitrogen and oxygen atoms in total. The maximum atomic E-state index is 14.1. The molecule has 7 rings (SSSR count). The summed E-state index contributed by atoms with van der Waals surface area (Å²) in [4.78, 5) is 64.2. The molecule has 2 N–H and O–H groups in total. The van der Waals surface area contributed by atoms with Crippen molar-refractivity contribution in [1.29, 1.82) is 0 Å². The van der Waals surface area contributed by atoms with Crippen LogP contribution in [0.2, 0.25) is 0 Å². The first kappa shape index (κ1) is 32.1. The van der Waals surface area contributed by atoms with E-state index < -0.39 is 11.7 Å². The maximum Gasteiger partial charge on any atom is 0.417 e. The molecule has 12 heteroatoms. The number of amides is 2. The number of H-pyrrole nitrogens is 2. The van der Waals surface area contributed by atoms with E-state index in [0.29, 0.717) is 55.2 Å². The van der Waals surface area contributed by atoms with Gasteiger partial charge in [0.1, 0.15) is 0 Å². The summed E-state index contributed by atoms with van der Waals surface area (Å²) in [6.45, 7) is 4.72. The number of benzene rings is 2. The third kappa shape index (κ3) is 7.03. The molecule has 0 spiro atoms. The molecule has 48 heavy (non-hydrogen) atoms. The van der Waals surface area contributed by atoms with Crippen LogP contribution in [0.1, 0.15) is 56.6 Å². The van der Waals surface area contributed by atoms with Crippen LogP contribution < -0.4 is 11.4 Å². The molecule has 5 heterocycles. The van der Waals surface area contributed by atoms with Crippen molar-refractivity contribution >= 4 is 22.9 Å². The lowest BCUT2D eigenvalue weighted by atomic mass is 9.78. The molecule has 4 aromatic rings. The van der Waals surface area contributed by atoms with Crippen LogP contribution in [0.3, 0.4) is 0 Å². The molecule has 2 aromatic carbocycles. The van der Waals surface area contributed by atoms with Crippen molar-refractivity contribution in [3.63, 3.8) is 0 Å². The normalized spacial score (nSPS) is 19.6. The zero-order valence-electron chi connectivity index (χ0n) is 27.6. The number of hydrogen-bond donors (Lipinski definition) is 2. The zero-order valence-corrected chi connectivity index (χ0v) is 27.6. The number of nitrogens with one attached hydrogen (secondary N) is 2. The number of aromatic nitrogens is 4. The Morgan fingerprint density at radius 2 is 1.52 bits per heavy atom. The molecule has 3 aliphatic heterocycles. The molecular formula is C36H45N7O5.